The monoisotopic (exact) mass is 225 g/mol. The molecule has 0 aromatic carbocycles. The van der Waals surface area contributed by atoms with E-state index in [4.69, 9.17) is 11.6 Å². The fraction of sp³-hybridized carbons (Fsp3) is 0.400. The number of amides is 1. The first kappa shape index (κ1) is 10.2. The Morgan fingerprint density at radius 1 is 1.67 bits per heavy atom. The number of aromatic nitrogens is 1. The van der Waals surface area contributed by atoms with Crippen molar-refractivity contribution in [1.82, 2.24) is 4.98 Å². The van der Waals surface area contributed by atoms with E-state index in [0.717, 1.165) is 5.69 Å². The summed E-state index contributed by atoms with van der Waals surface area (Å²) in [6, 6.07) is 1.96. The molecule has 0 radical (unpaired) electrons. The Kier molecular flexibility index (Phi) is 2.52. The summed E-state index contributed by atoms with van der Waals surface area (Å²) in [7, 11) is 1.93. The van der Waals surface area contributed by atoms with Crippen molar-refractivity contribution in [1.29, 1.82) is 0 Å². The predicted octanol–water partition coefficient (Wildman–Crippen LogP) is 1.90. The first-order chi connectivity index (χ1) is 7.08. The van der Waals surface area contributed by atoms with Gasteiger partial charge in [-0.1, -0.05) is 11.6 Å². The molecule has 0 saturated heterocycles. The molecule has 1 N–H and O–H groups in total. The van der Waals surface area contributed by atoms with Crippen LogP contribution in [0.5, 0.6) is 0 Å². The maximum Gasteiger partial charge on any atom is 0.227 e. The topological polar surface area (TPSA) is 45.2 Å². The fourth-order valence-electron chi connectivity index (χ4n) is 1.62. The largest absolute Gasteiger partial charge is 0.368 e. The average Bonchev–Trinajstić information content (AvgIpc) is 2.27. The van der Waals surface area contributed by atoms with Crippen LogP contribution in [0.3, 0.4) is 0 Å². The van der Waals surface area contributed by atoms with Crippen molar-refractivity contribution < 1.29 is 4.79 Å². The summed E-state index contributed by atoms with van der Waals surface area (Å²) in [5, 5.41) is 3.33. The number of nitrogens with zero attached hydrogens (tertiary/aromatic N) is 2. The summed E-state index contributed by atoms with van der Waals surface area (Å²) in [6.07, 6.45) is 2.00. The van der Waals surface area contributed by atoms with Crippen LogP contribution in [0.25, 0.3) is 0 Å². The van der Waals surface area contributed by atoms with E-state index in [0.29, 0.717) is 17.3 Å². The van der Waals surface area contributed by atoms with Crippen LogP contribution in [0.4, 0.5) is 11.5 Å². The second-order valence-corrected chi connectivity index (χ2v) is 4.17. The molecule has 0 bridgehead atoms. The molecule has 15 heavy (non-hydrogen) atoms. The van der Waals surface area contributed by atoms with Crippen molar-refractivity contribution in [2.45, 2.75) is 19.4 Å². The lowest BCUT2D eigenvalue weighted by molar-refractivity contribution is -0.116. The van der Waals surface area contributed by atoms with Gasteiger partial charge in [0.2, 0.25) is 5.91 Å². The predicted molar refractivity (Wildman–Crippen MR) is 60.4 cm³/mol. The number of rotatable bonds is 0. The highest BCUT2D eigenvalue weighted by Gasteiger charge is 2.23. The number of hydrogen-bond donors (Lipinski definition) is 1. The van der Waals surface area contributed by atoms with E-state index >= 15 is 0 Å². The second kappa shape index (κ2) is 3.70. The Bertz CT molecular complexity index is 408. The number of carbonyl (C=O) groups excluding carboxylic acids is 1. The maximum atomic E-state index is 11.5. The smallest absolute Gasteiger partial charge is 0.227 e. The van der Waals surface area contributed by atoms with Crippen LogP contribution in [-0.4, -0.2) is 24.0 Å². The van der Waals surface area contributed by atoms with E-state index in [1.807, 2.05) is 24.9 Å². The molecular formula is C10H12ClN3O. The standard InChI is InChI=1S/C10H12ClN3O/c1-6-3-9(15)13-10-8(14(6)2)4-7(11)5-12-10/h4-6H,3H2,1-2H3,(H,12,13,15). The number of anilines is 2. The summed E-state index contributed by atoms with van der Waals surface area (Å²) in [4.78, 5) is 17.6. The molecule has 1 aromatic rings. The summed E-state index contributed by atoms with van der Waals surface area (Å²) < 4.78 is 0. The third-order valence-corrected chi connectivity index (χ3v) is 2.82. The van der Waals surface area contributed by atoms with Crippen LogP contribution < -0.4 is 10.2 Å². The molecule has 1 unspecified atom stereocenters. The van der Waals surface area contributed by atoms with Crippen LogP contribution in [0, 0.1) is 0 Å². The molecule has 1 amide bonds. The van der Waals surface area contributed by atoms with Crippen LogP contribution in [0.15, 0.2) is 12.3 Å². The van der Waals surface area contributed by atoms with Crippen molar-refractivity contribution in [2.75, 3.05) is 17.3 Å². The SMILES string of the molecule is CC1CC(=O)Nc2ncc(Cl)cc2N1C. The molecule has 0 aliphatic carbocycles. The van der Waals surface area contributed by atoms with Gasteiger partial charge in [0.1, 0.15) is 0 Å². The number of carbonyl (C=O) groups is 1. The quantitative estimate of drug-likeness (QED) is 0.734. The van der Waals surface area contributed by atoms with Gasteiger partial charge in [0.05, 0.1) is 10.7 Å². The minimum Gasteiger partial charge on any atom is -0.368 e. The maximum absolute atomic E-state index is 11.5. The molecule has 2 rings (SSSR count). The highest BCUT2D eigenvalue weighted by Crippen LogP contribution is 2.30. The van der Waals surface area contributed by atoms with Gasteiger partial charge in [0, 0.05) is 25.7 Å². The first-order valence-corrected chi connectivity index (χ1v) is 5.14. The molecule has 80 valence electrons. The molecule has 4 nitrogen and oxygen atoms in total. The highest BCUT2D eigenvalue weighted by molar-refractivity contribution is 6.30. The van der Waals surface area contributed by atoms with Gasteiger partial charge in [-0.2, -0.15) is 0 Å². The van der Waals surface area contributed by atoms with Crippen LogP contribution in [-0.2, 0) is 4.79 Å². The number of halogens is 1. The summed E-state index contributed by atoms with van der Waals surface area (Å²) >= 11 is 5.88. The molecule has 5 heteroatoms. The van der Waals surface area contributed by atoms with Gasteiger partial charge in [-0.05, 0) is 13.0 Å². The zero-order valence-electron chi connectivity index (χ0n) is 8.62. The minimum atomic E-state index is -0.0112. The Labute approximate surface area is 93.2 Å². The van der Waals surface area contributed by atoms with Crippen LogP contribution in [0.1, 0.15) is 13.3 Å². The highest BCUT2D eigenvalue weighted by atomic mass is 35.5. The first-order valence-electron chi connectivity index (χ1n) is 4.76. The lowest BCUT2D eigenvalue weighted by Crippen LogP contribution is -2.29. The fourth-order valence-corrected chi connectivity index (χ4v) is 1.77. The summed E-state index contributed by atoms with van der Waals surface area (Å²) in [6.45, 7) is 2.00. The van der Waals surface area contributed by atoms with Crippen molar-refractivity contribution in [3.05, 3.63) is 17.3 Å². The van der Waals surface area contributed by atoms with E-state index < -0.39 is 0 Å². The molecule has 1 aromatic heterocycles. The Hall–Kier alpha value is -1.29. The van der Waals surface area contributed by atoms with Gasteiger partial charge in [-0.3, -0.25) is 4.79 Å². The minimum absolute atomic E-state index is 0.0112. The van der Waals surface area contributed by atoms with Gasteiger partial charge in [-0.15, -0.1) is 0 Å². The molecule has 1 aliphatic rings. The van der Waals surface area contributed by atoms with Crippen molar-refractivity contribution in [3.8, 4) is 0 Å². The van der Waals surface area contributed by atoms with Gasteiger partial charge in [0.25, 0.3) is 0 Å². The van der Waals surface area contributed by atoms with Crippen molar-refractivity contribution >= 4 is 29.0 Å². The van der Waals surface area contributed by atoms with Crippen LogP contribution >= 0.6 is 11.6 Å². The van der Waals surface area contributed by atoms with E-state index in [1.165, 1.54) is 6.20 Å². The molecule has 2 heterocycles. The Morgan fingerprint density at radius 3 is 3.13 bits per heavy atom. The van der Waals surface area contributed by atoms with Crippen molar-refractivity contribution in [2.24, 2.45) is 0 Å². The number of pyridine rings is 1. The zero-order valence-corrected chi connectivity index (χ0v) is 9.38. The van der Waals surface area contributed by atoms with Gasteiger partial charge in [-0.25, -0.2) is 4.98 Å². The third kappa shape index (κ3) is 1.90. The molecular weight excluding hydrogens is 214 g/mol. The van der Waals surface area contributed by atoms with E-state index in [9.17, 15) is 4.79 Å². The van der Waals surface area contributed by atoms with Crippen molar-refractivity contribution in [3.63, 3.8) is 0 Å². The summed E-state index contributed by atoms with van der Waals surface area (Å²) in [5.41, 5.74) is 0.862. The lowest BCUT2D eigenvalue weighted by Gasteiger charge is -2.24. The molecule has 1 atom stereocenters. The van der Waals surface area contributed by atoms with E-state index in [1.54, 1.807) is 0 Å². The molecule has 0 saturated carbocycles. The number of nitrogens with one attached hydrogen (secondary N) is 1. The van der Waals surface area contributed by atoms with E-state index in [2.05, 4.69) is 10.3 Å². The number of fused-ring (bicyclic) bond motifs is 1. The second-order valence-electron chi connectivity index (χ2n) is 3.73. The zero-order chi connectivity index (χ0) is 11.0. The normalized spacial score (nSPS) is 20.6. The van der Waals surface area contributed by atoms with Crippen LogP contribution in [0.2, 0.25) is 5.02 Å². The van der Waals surface area contributed by atoms with Gasteiger partial charge in [0.15, 0.2) is 5.82 Å². The third-order valence-electron chi connectivity index (χ3n) is 2.61. The Morgan fingerprint density at radius 2 is 2.40 bits per heavy atom. The Balaban J connectivity index is 2.50. The van der Waals surface area contributed by atoms with Gasteiger partial charge >= 0.3 is 0 Å². The molecule has 1 aliphatic heterocycles. The molecule has 0 spiro atoms. The lowest BCUT2D eigenvalue weighted by atomic mass is 10.2. The molecule has 0 fully saturated rings. The summed E-state index contributed by atoms with van der Waals surface area (Å²) in [5.74, 6) is 0.569. The average molecular weight is 226 g/mol. The number of hydrogen-bond acceptors (Lipinski definition) is 3. The van der Waals surface area contributed by atoms with E-state index in [-0.39, 0.29) is 11.9 Å². The van der Waals surface area contributed by atoms with Gasteiger partial charge < -0.3 is 10.2 Å².